The maximum Gasteiger partial charge on any atom is 0.140 e. The molecule has 1 heterocycles. The molecule has 0 amide bonds. The zero-order valence-electron chi connectivity index (χ0n) is 10.9. The van der Waals surface area contributed by atoms with Gasteiger partial charge in [0.25, 0.3) is 0 Å². The predicted octanol–water partition coefficient (Wildman–Crippen LogP) is 4.17. The summed E-state index contributed by atoms with van der Waals surface area (Å²) in [5, 5.41) is 13.0. The van der Waals surface area contributed by atoms with Crippen LogP contribution in [-0.2, 0) is 0 Å². The van der Waals surface area contributed by atoms with E-state index >= 15 is 0 Å². The Morgan fingerprint density at radius 3 is 2.50 bits per heavy atom. The van der Waals surface area contributed by atoms with Crippen molar-refractivity contribution in [2.24, 2.45) is 5.92 Å². The van der Waals surface area contributed by atoms with E-state index in [1.165, 1.54) is 18.4 Å². The van der Waals surface area contributed by atoms with Gasteiger partial charge in [0.05, 0.1) is 17.9 Å². The molecule has 1 aromatic heterocycles. The second-order valence-corrected chi connectivity index (χ2v) is 5.49. The summed E-state index contributed by atoms with van der Waals surface area (Å²) in [4.78, 5) is 4.09. The molecule has 3 rings (SSSR count). The molecule has 2 aromatic rings. The van der Waals surface area contributed by atoms with Gasteiger partial charge in [-0.15, -0.1) is 0 Å². The molecule has 100 valence electrons. The quantitative estimate of drug-likeness (QED) is 0.916. The number of nitrogens with zero attached hydrogens (tertiary/aromatic N) is 2. The van der Waals surface area contributed by atoms with Crippen LogP contribution in [0.4, 0.5) is 5.69 Å². The molecule has 3 nitrogen and oxygen atoms in total. The van der Waals surface area contributed by atoms with Crippen molar-refractivity contribution in [3.8, 4) is 6.07 Å². The molecule has 1 N–H and O–H groups in total. The van der Waals surface area contributed by atoms with Gasteiger partial charge in [0, 0.05) is 5.02 Å². The molecule has 20 heavy (non-hydrogen) atoms. The smallest absolute Gasteiger partial charge is 0.140 e. The third-order valence-electron chi connectivity index (χ3n) is 3.52. The molecule has 0 spiro atoms. The van der Waals surface area contributed by atoms with Crippen LogP contribution in [0.15, 0.2) is 42.6 Å². The monoisotopic (exact) mass is 283 g/mol. The SMILES string of the molecule is N#Cc1ccc(NC(c2ccc(Cl)cc2)C2CC2)cn1. The van der Waals surface area contributed by atoms with E-state index in [0.29, 0.717) is 11.6 Å². The summed E-state index contributed by atoms with van der Waals surface area (Å²) in [5.74, 6) is 0.659. The van der Waals surface area contributed by atoms with Gasteiger partial charge >= 0.3 is 0 Å². The molecule has 1 aliphatic rings. The number of aromatic nitrogens is 1. The number of rotatable bonds is 4. The van der Waals surface area contributed by atoms with Crippen LogP contribution in [0.5, 0.6) is 0 Å². The van der Waals surface area contributed by atoms with Crippen LogP contribution in [0.25, 0.3) is 0 Å². The van der Waals surface area contributed by atoms with Gasteiger partial charge < -0.3 is 5.32 Å². The molecular weight excluding hydrogens is 270 g/mol. The number of nitriles is 1. The number of nitrogens with one attached hydrogen (secondary N) is 1. The second kappa shape index (κ2) is 5.52. The van der Waals surface area contributed by atoms with E-state index in [1.54, 1.807) is 12.3 Å². The number of hydrogen-bond acceptors (Lipinski definition) is 3. The van der Waals surface area contributed by atoms with E-state index < -0.39 is 0 Å². The largest absolute Gasteiger partial charge is 0.377 e. The van der Waals surface area contributed by atoms with Crippen molar-refractivity contribution in [3.63, 3.8) is 0 Å². The summed E-state index contributed by atoms with van der Waals surface area (Å²) in [6.07, 6.45) is 4.19. The lowest BCUT2D eigenvalue weighted by Crippen LogP contribution is -2.13. The topological polar surface area (TPSA) is 48.7 Å². The van der Waals surface area contributed by atoms with Crippen LogP contribution < -0.4 is 5.32 Å². The molecule has 0 radical (unpaired) electrons. The Bertz CT molecular complexity index is 624. The van der Waals surface area contributed by atoms with Crippen LogP contribution in [0, 0.1) is 17.2 Å². The minimum Gasteiger partial charge on any atom is -0.377 e. The third-order valence-corrected chi connectivity index (χ3v) is 3.77. The fourth-order valence-electron chi connectivity index (χ4n) is 2.30. The average molecular weight is 284 g/mol. The standard InChI is InChI=1S/C16H14ClN3/c17-13-5-3-12(4-6-13)16(11-1-2-11)20-15-8-7-14(9-18)19-10-15/h3-8,10-11,16,20H,1-2H2. The minimum atomic E-state index is 0.280. The Hall–Kier alpha value is -2.05. The summed E-state index contributed by atoms with van der Waals surface area (Å²) in [6, 6.07) is 13.9. The van der Waals surface area contributed by atoms with Crippen molar-refractivity contribution in [2.75, 3.05) is 5.32 Å². The molecule has 1 aliphatic carbocycles. The van der Waals surface area contributed by atoms with Crippen LogP contribution in [0.2, 0.25) is 5.02 Å². The zero-order chi connectivity index (χ0) is 13.9. The first-order valence-corrected chi connectivity index (χ1v) is 7.02. The summed E-state index contributed by atoms with van der Waals surface area (Å²) < 4.78 is 0. The second-order valence-electron chi connectivity index (χ2n) is 5.05. The lowest BCUT2D eigenvalue weighted by atomic mass is 10.0. The third kappa shape index (κ3) is 2.92. The van der Waals surface area contributed by atoms with E-state index in [9.17, 15) is 0 Å². The molecule has 0 bridgehead atoms. The van der Waals surface area contributed by atoms with Gasteiger partial charge in [-0.3, -0.25) is 0 Å². The van der Waals surface area contributed by atoms with E-state index in [1.807, 2.05) is 24.3 Å². The van der Waals surface area contributed by atoms with Gasteiger partial charge in [0.2, 0.25) is 0 Å². The Balaban J connectivity index is 1.80. The van der Waals surface area contributed by atoms with Gasteiger partial charge in [-0.2, -0.15) is 5.26 Å². The maximum atomic E-state index is 8.77. The van der Waals surface area contributed by atoms with Gasteiger partial charge in [0.15, 0.2) is 0 Å². The first kappa shape index (κ1) is 13.0. The maximum absolute atomic E-state index is 8.77. The average Bonchev–Trinajstić information content (AvgIpc) is 3.31. The lowest BCUT2D eigenvalue weighted by Gasteiger charge is -2.20. The van der Waals surface area contributed by atoms with Crippen molar-refractivity contribution in [1.82, 2.24) is 4.98 Å². The summed E-state index contributed by atoms with van der Waals surface area (Å²) in [7, 11) is 0. The molecule has 4 heteroatoms. The highest BCUT2D eigenvalue weighted by Crippen LogP contribution is 2.42. The zero-order valence-corrected chi connectivity index (χ0v) is 11.6. The van der Waals surface area contributed by atoms with Crippen molar-refractivity contribution >= 4 is 17.3 Å². The highest BCUT2D eigenvalue weighted by Gasteiger charge is 2.32. The number of hydrogen-bond donors (Lipinski definition) is 1. The van der Waals surface area contributed by atoms with Gasteiger partial charge in [0.1, 0.15) is 11.8 Å². The highest BCUT2D eigenvalue weighted by molar-refractivity contribution is 6.30. The molecule has 1 aromatic carbocycles. The van der Waals surface area contributed by atoms with Crippen molar-refractivity contribution < 1.29 is 0 Å². The summed E-state index contributed by atoms with van der Waals surface area (Å²) in [5.41, 5.74) is 2.61. The van der Waals surface area contributed by atoms with Crippen molar-refractivity contribution in [3.05, 3.63) is 58.9 Å². The Morgan fingerprint density at radius 1 is 1.20 bits per heavy atom. The predicted molar refractivity (Wildman–Crippen MR) is 79.5 cm³/mol. The van der Waals surface area contributed by atoms with Gasteiger partial charge in [-0.1, -0.05) is 23.7 Å². The van der Waals surface area contributed by atoms with E-state index in [0.717, 1.165) is 10.7 Å². The molecule has 1 fully saturated rings. The Morgan fingerprint density at radius 2 is 1.95 bits per heavy atom. The molecule has 0 saturated heterocycles. The summed E-state index contributed by atoms with van der Waals surface area (Å²) in [6.45, 7) is 0. The van der Waals surface area contributed by atoms with Crippen LogP contribution >= 0.6 is 11.6 Å². The van der Waals surface area contributed by atoms with Crippen molar-refractivity contribution in [2.45, 2.75) is 18.9 Å². The highest BCUT2D eigenvalue weighted by atomic mass is 35.5. The van der Waals surface area contributed by atoms with Gasteiger partial charge in [-0.05, 0) is 48.6 Å². The normalized spacial score (nSPS) is 15.4. The van der Waals surface area contributed by atoms with Crippen LogP contribution in [-0.4, -0.2) is 4.98 Å². The number of anilines is 1. The molecule has 1 unspecified atom stereocenters. The number of pyridine rings is 1. The van der Waals surface area contributed by atoms with Crippen molar-refractivity contribution in [1.29, 1.82) is 5.26 Å². The first-order chi connectivity index (χ1) is 9.76. The number of halogens is 1. The fourth-order valence-corrected chi connectivity index (χ4v) is 2.42. The Kier molecular flexibility index (Phi) is 3.58. The van der Waals surface area contributed by atoms with Gasteiger partial charge in [-0.25, -0.2) is 4.98 Å². The van der Waals surface area contributed by atoms with E-state index in [2.05, 4.69) is 22.4 Å². The molecule has 1 saturated carbocycles. The van der Waals surface area contributed by atoms with E-state index in [4.69, 9.17) is 16.9 Å². The minimum absolute atomic E-state index is 0.280. The van der Waals surface area contributed by atoms with E-state index in [-0.39, 0.29) is 6.04 Å². The number of benzene rings is 1. The van der Waals surface area contributed by atoms with Crippen LogP contribution in [0.3, 0.4) is 0 Å². The summed E-state index contributed by atoms with van der Waals surface area (Å²) >= 11 is 5.94. The van der Waals surface area contributed by atoms with Crippen LogP contribution in [0.1, 0.15) is 30.1 Å². The first-order valence-electron chi connectivity index (χ1n) is 6.64. The fraction of sp³-hybridized carbons (Fsp3) is 0.250. The lowest BCUT2D eigenvalue weighted by molar-refractivity contribution is 0.678. The molecular formula is C16H14ClN3. The Labute approximate surface area is 123 Å². The molecule has 1 atom stereocenters. The molecule has 0 aliphatic heterocycles.